The molecule has 0 bridgehead atoms. The third-order valence-electron chi connectivity index (χ3n) is 5.24. The second kappa shape index (κ2) is 9.43. The predicted molar refractivity (Wildman–Crippen MR) is 121 cm³/mol. The molecule has 6 nitrogen and oxygen atoms in total. The number of carbonyl (C=O) groups excluding carboxylic acids is 1. The van der Waals surface area contributed by atoms with Gasteiger partial charge in [0.05, 0.1) is 17.6 Å². The summed E-state index contributed by atoms with van der Waals surface area (Å²) in [5.41, 5.74) is 4.69. The molecule has 6 heteroatoms. The molecule has 0 saturated carbocycles. The number of ether oxygens (including phenoxy) is 1. The molecule has 0 aliphatic rings. The molecular formula is C25H26N4O2. The standard InChI is InChI=1S/C25H26N4O2/c1-18-8-7-9-19(2)24(18)31-17-16-29-22-12-4-3-10-20(22)28-23(29)13-15-27-25(30)21-11-5-6-14-26-21/h3-12,14H,13,15-17H2,1-2H3,(H,27,30). The molecule has 0 unspecified atom stereocenters. The van der Waals surface area contributed by atoms with E-state index in [0.717, 1.165) is 33.7 Å². The van der Waals surface area contributed by atoms with Gasteiger partial charge in [-0.15, -0.1) is 0 Å². The van der Waals surface area contributed by atoms with E-state index in [9.17, 15) is 4.79 Å². The highest BCUT2D eigenvalue weighted by Gasteiger charge is 2.12. The number of carbonyl (C=O) groups is 1. The fraction of sp³-hybridized carbons (Fsp3) is 0.240. The summed E-state index contributed by atoms with van der Waals surface area (Å²) in [6, 6.07) is 19.5. The first kappa shape index (κ1) is 20.6. The molecule has 2 aromatic carbocycles. The van der Waals surface area contributed by atoms with Gasteiger partial charge in [-0.25, -0.2) is 4.98 Å². The summed E-state index contributed by atoms with van der Waals surface area (Å²) >= 11 is 0. The Kier molecular flexibility index (Phi) is 6.26. The average molecular weight is 415 g/mol. The molecule has 31 heavy (non-hydrogen) atoms. The third-order valence-corrected chi connectivity index (χ3v) is 5.24. The average Bonchev–Trinajstić information content (AvgIpc) is 3.13. The lowest BCUT2D eigenvalue weighted by molar-refractivity contribution is 0.0949. The fourth-order valence-electron chi connectivity index (χ4n) is 3.71. The summed E-state index contributed by atoms with van der Waals surface area (Å²) in [6.07, 6.45) is 2.24. The second-order valence-corrected chi connectivity index (χ2v) is 7.46. The van der Waals surface area contributed by atoms with E-state index in [4.69, 9.17) is 9.72 Å². The zero-order valence-electron chi connectivity index (χ0n) is 17.8. The van der Waals surface area contributed by atoms with Crippen molar-refractivity contribution in [2.45, 2.75) is 26.8 Å². The number of nitrogens with zero attached hydrogens (tertiary/aromatic N) is 3. The quantitative estimate of drug-likeness (QED) is 0.471. The van der Waals surface area contributed by atoms with E-state index in [0.29, 0.717) is 31.8 Å². The van der Waals surface area contributed by atoms with Crippen molar-refractivity contribution in [3.8, 4) is 5.75 Å². The molecule has 0 saturated heterocycles. The molecule has 0 atom stereocenters. The van der Waals surface area contributed by atoms with Gasteiger partial charge in [0.2, 0.25) is 0 Å². The normalized spacial score (nSPS) is 10.9. The summed E-state index contributed by atoms with van der Waals surface area (Å²) in [5.74, 6) is 1.69. The van der Waals surface area contributed by atoms with Crippen molar-refractivity contribution in [1.82, 2.24) is 19.9 Å². The lowest BCUT2D eigenvalue weighted by Gasteiger charge is -2.14. The molecule has 4 aromatic rings. The van der Waals surface area contributed by atoms with Gasteiger partial charge in [-0.3, -0.25) is 9.78 Å². The Hall–Kier alpha value is -3.67. The molecular weight excluding hydrogens is 388 g/mol. The summed E-state index contributed by atoms with van der Waals surface area (Å²) in [4.78, 5) is 21.1. The van der Waals surface area contributed by atoms with Gasteiger partial charge in [0, 0.05) is 19.2 Å². The minimum Gasteiger partial charge on any atom is -0.491 e. The number of rotatable bonds is 8. The number of benzene rings is 2. The molecule has 0 aliphatic carbocycles. The van der Waals surface area contributed by atoms with Crippen LogP contribution in [0.25, 0.3) is 11.0 Å². The minimum absolute atomic E-state index is 0.179. The number of imidazole rings is 1. The summed E-state index contributed by atoms with van der Waals surface area (Å²) in [5, 5.41) is 2.93. The van der Waals surface area contributed by atoms with Crippen LogP contribution in [-0.4, -0.2) is 33.6 Å². The number of fused-ring (bicyclic) bond motifs is 1. The number of aromatic nitrogens is 3. The molecule has 0 fully saturated rings. The SMILES string of the molecule is Cc1cccc(C)c1OCCn1c(CCNC(=O)c2ccccn2)nc2ccccc21. The first-order valence-corrected chi connectivity index (χ1v) is 10.5. The Morgan fingerprint density at radius 2 is 1.77 bits per heavy atom. The summed E-state index contributed by atoms with van der Waals surface area (Å²) in [7, 11) is 0. The van der Waals surface area contributed by atoms with Gasteiger partial charge in [0.25, 0.3) is 5.91 Å². The van der Waals surface area contributed by atoms with Crippen molar-refractivity contribution < 1.29 is 9.53 Å². The highest BCUT2D eigenvalue weighted by atomic mass is 16.5. The molecule has 0 radical (unpaired) electrons. The van der Waals surface area contributed by atoms with Crippen LogP contribution in [0.2, 0.25) is 0 Å². The molecule has 158 valence electrons. The van der Waals surface area contributed by atoms with E-state index in [1.807, 2.05) is 24.3 Å². The van der Waals surface area contributed by atoms with Crippen molar-refractivity contribution in [1.29, 1.82) is 0 Å². The number of nitrogens with one attached hydrogen (secondary N) is 1. The number of aryl methyl sites for hydroxylation is 2. The minimum atomic E-state index is -0.179. The van der Waals surface area contributed by atoms with Gasteiger partial charge >= 0.3 is 0 Å². The van der Waals surface area contributed by atoms with Crippen LogP contribution >= 0.6 is 0 Å². The molecule has 2 aromatic heterocycles. The number of hydrogen-bond donors (Lipinski definition) is 1. The zero-order valence-corrected chi connectivity index (χ0v) is 17.8. The molecule has 0 spiro atoms. The van der Waals surface area contributed by atoms with Crippen LogP contribution in [-0.2, 0) is 13.0 Å². The van der Waals surface area contributed by atoms with Crippen LogP contribution in [0.15, 0.2) is 66.9 Å². The maximum absolute atomic E-state index is 12.3. The topological polar surface area (TPSA) is 69.0 Å². The van der Waals surface area contributed by atoms with Crippen LogP contribution in [0.3, 0.4) is 0 Å². The van der Waals surface area contributed by atoms with Crippen LogP contribution in [0, 0.1) is 13.8 Å². The van der Waals surface area contributed by atoms with Crippen molar-refractivity contribution in [2.24, 2.45) is 0 Å². The van der Waals surface area contributed by atoms with E-state index < -0.39 is 0 Å². The molecule has 4 rings (SSSR count). The monoisotopic (exact) mass is 414 g/mol. The van der Waals surface area contributed by atoms with Gasteiger partial charge in [-0.05, 0) is 49.2 Å². The predicted octanol–water partition coefficient (Wildman–Crippen LogP) is 4.10. The Bertz CT molecular complexity index is 1160. The van der Waals surface area contributed by atoms with Crippen LogP contribution in [0.5, 0.6) is 5.75 Å². The fourth-order valence-corrected chi connectivity index (χ4v) is 3.71. The Morgan fingerprint density at radius 3 is 2.55 bits per heavy atom. The first-order valence-electron chi connectivity index (χ1n) is 10.5. The molecule has 0 aliphatic heterocycles. The smallest absolute Gasteiger partial charge is 0.269 e. The summed E-state index contributed by atoms with van der Waals surface area (Å²) < 4.78 is 8.30. The maximum Gasteiger partial charge on any atom is 0.269 e. The molecule has 1 amide bonds. The second-order valence-electron chi connectivity index (χ2n) is 7.46. The first-order chi connectivity index (χ1) is 15.1. The number of amides is 1. The van der Waals surface area contributed by atoms with Crippen molar-refractivity contribution in [2.75, 3.05) is 13.2 Å². The number of pyridine rings is 1. The molecule has 2 heterocycles. The molecule has 1 N–H and O–H groups in total. The van der Waals surface area contributed by atoms with Gasteiger partial charge in [-0.2, -0.15) is 0 Å². The van der Waals surface area contributed by atoms with Gasteiger partial charge < -0.3 is 14.6 Å². The highest BCUT2D eigenvalue weighted by molar-refractivity contribution is 5.92. The summed E-state index contributed by atoms with van der Waals surface area (Å²) in [6.45, 7) is 5.82. The van der Waals surface area contributed by atoms with Crippen LogP contribution < -0.4 is 10.1 Å². The van der Waals surface area contributed by atoms with E-state index in [-0.39, 0.29) is 5.91 Å². The number of hydrogen-bond acceptors (Lipinski definition) is 4. The highest BCUT2D eigenvalue weighted by Crippen LogP contribution is 2.23. The third kappa shape index (κ3) is 4.74. The Labute approximate surface area is 181 Å². The van der Waals surface area contributed by atoms with E-state index >= 15 is 0 Å². The largest absolute Gasteiger partial charge is 0.491 e. The van der Waals surface area contributed by atoms with Gasteiger partial charge in [0.15, 0.2) is 0 Å². The van der Waals surface area contributed by atoms with Crippen molar-refractivity contribution in [3.63, 3.8) is 0 Å². The van der Waals surface area contributed by atoms with Gasteiger partial charge in [-0.1, -0.05) is 36.4 Å². The zero-order chi connectivity index (χ0) is 21.6. The lowest BCUT2D eigenvalue weighted by atomic mass is 10.1. The maximum atomic E-state index is 12.3. The lowest BCUT2D eigenvalue weighted by Crippen LogP contribution is -2.27. The Morgan fingerprint density at radius 1 is 1.00 bits per heavy atom. The van der Waals surface area contributed by atoms with Crippen molar-refractivity contribution in [3.05, 3.63) is 89.5 Å². The van der Waals surface area contributed by atoms with Crippen LogP contribution in [0.4, 0.5) is 0 Å². The van der Waals surface area contributed by atoms with E-state index in [2.05, 4.69) is 46.9 Å². The van der Waals surface area contributed by atoms with Gasteiger partial charge in [0.1, 0.15) is 23.9 Å². The van der Waals surface area contributed by atoms with E-state index in [1.165, 1.54) is 0 Å². The van der Waals surface area contributed by atoms with Crippen molar-refractivity contribution >= 4 is 16.9 Å². The van der Waals surface area contributed by atoms with E-state index in [1.54, 1.807) is 24.4 Å². The number of para-hydroxylation sites is 3. The van der Waals surface area contributed by atoms with Crippen LogP contribution in [0.1, 0.15) is 27.4 Å². The Balaban J connectivity index is 1.45.